The summed E-state index contributed by atoms with van der Waals surface area (Å²) in [6, 6.07) is 0. The zero-order chi connectivity index (χ0) is 13.6. The molecule has 0 rings (SSSR count). The van der Waals surface area contributed by atoms with Gasteiger partial charge in [0.1, 0.15) is 0 Å². The number of esters is 1. The van der Waals surface area contributed by atoms with Crippen LogP contribution in [0, 0.1) is 0 Å². The summed E-state index contributed by atoms with van der Waals surface area (Å²) < 4.78 is 9.79. The molecule has 0 aliphatic heterocycles. The summed E-state index contributed by atoms with van der Waals surface area (Å²) in [4.78, 5) is 15.0. The number of carbonyl (C=O) groups excluding carboxylic acids is 1. The molecule has 0 saturated heterocycles. The Labute approximate surface area is 132 Å². The summed E-state index contributed by atoms with van der Waals surface area (Å²) in [5, 5.41) is 6.21. The van der Waals surface area contributed by atoms with Crippen LogP contribution >= 0.6 is 24.0 Å². The molecule has 0 amide bonds. The van der Waals surface area contributed by atoms with E-state index in [0.717, 1.165) is 32.6 Å². The van der Waals surface area contributed by atoms with Gasteiger partial charge < -0.3 is 20.1 Å². The summed E-state index contributed by atoms with van der Waals surface area (Å²) in [5.74, 6) is 0.477. The van der Waals surface area contributed by atoms with E-state index < -0.39 is 0 Å². The van der Waals surface area contributed by atoms with Gasteiger partial charge in [0.15, 0.2) is 5.96 Å². The van der Waals surface area contributed by atoms with Crippen molar-refractivity contribution in [2.45, 2.75) is 26.2 Å². The standard InChI is InChI=1S/C12H25N3O3.HI/c1-4-18-10-6-5-8-14-12(13-2)15-9-7-11(16)17-3;/h4-10H2,1-3H3,(H2,13,14,15);1H. The molecule has 0 spiro atoms. The number of hydrogen-bond donors (Lipinski definition) is 2. The van der Waals surface area contributed by atoms with Crippen molar-refractivity contribution >= 4 is 35.9 Å². The molecular formula is C12H26IN3O3. The van der Waals surface area contributed by atoms with E-state index in [1.54, 1.807) is 7.05 Å². The fourth-order valence-corrected chi connectivity index (χ4v) is 1.29. The Kier molecular flexibility index (Phi) is 16.9. The van der Waals surface area contributed by atoms with Crippen LogP contribution in [-0.4, -0.2) is 52.4 Å². The monoisotopic (exact) mass is 387 g/mol. The van der Waals surface area contributed by atoms with E-state index in [0.29, 0.717) is 18.9 Å². The SMILES string of the molecule is CCOCCCCNC(=NC)NCCC(=O)OC.I. The van der Waals surface area contributed by atoms with Crippen molar-refractivity contribution in [3.63, 3.8) is 0 Å². The Morgan fingerprint density at radius 1 is 1.21 bits per heavy atom. The third kappa shape index (κ3) is 13.7. The van der Waals surface area contributed by atoms with Crippen molar-refractivity contribution in [3.05, 3.63) is 0 Å². The van der Waals surface area contributed by atoms with Crippen LogP contribution in [0.4, 0.5) is 0 Å². The molecule has 2 N–H and O–H groups in total. The normalized spacial score (nSPS) is 10.6. The number of guanidine groups is 1. The van der Waals surface area contributed by atoms with Crippen LogP contribution in [0.5, 0.6) is 0 Å². The number of unbranched alkanes of at least 4 members (excludes halogenated alkanes) is 1. The topological polar surface area (TPSA) is 72.0 Å². The third-order valence-corrected chi connectivity index (χ3v) is 2.28. The Morgan fingerprint density at radius 3 is 2.47 bits per heavy atom. The zero-order valence-corrected chi connectivity index (χ0v) is 14.4. The van der Waals surface area contributed by atoms with Gasteiger partial charge in [-0.1, -0.05) is 0 Å². The first-order chi connectivity index (χ1) is 8.74. The highest BCUT2D eigenvalue weighted by atomic mass is 127. The molecule has 0 aromatic heterocycles. The van der Waals surface area contributed by atoms with Gasteiger partial charge in [0.05, 0.1) is 13.5 Å². The Balaban J connectivity index is 0. The Hall–Kier alpha value is -0.570. The molecule has 0 unspecified atom stereocenters. The first kappa shape index (κ1) is 20.7. The molecule has 0 aromatic rings. The van der Waals surface area contributed by atoms with E-state index in [4.69, 9.17) is 4.74 Å². The van der Waals surface area contributed by atoms with Crippen LogP contribution in [0.25, 0.3) is 0 Å². The fourth-order valence-electron chi connectivity index (χ4n) is 1.29. The molecule has 114 valence electrons. The van der Waals surface area contributed by atoms with E-state index >= 15 is 0 Å². The highest BCUT2D eigenvalue weighted by Gasteiger charge is 2.01. The van der Waals surface area contributed by atoms with Gasteiger partial charge in [0, 0.05) is 33.4 Å². The maximum absolute atomic E-state index is 10.9. The van der Waals surface area contributed by atoms with Crippen LogP contribution in [0.3, 0.4) is 0 Å². The van der Waals surface area contributed by atoms with Crippen molar-refractivity contribution in [2.24, 2.45) is 4.99 Å². The van der Waals surface area contributed by atoms with E-state index in [2.05, 4.69) is 20.4 Å². The lowest BCUT2D eigenvalue weighted by atomic mass is 10.3. The van der Waals surface area contributed by atoms with Crippen LogP contribution < -0.4 is 10.6 Å². The van der Waals surface area contributed by atoms with E-state index in [-0.39, 0.29) is 29.9 Å². The van der Waals surface area contributed by atoms with E-state index in [9.17, 15) is 4.79 Å². The minimum atomic E-state index is -0.227. The first-order valence-corrected chi connectivity index (χ1v) is 6.33. The maximum Gasteiger partial charge on any atom is 0.307 e. The highest BCUT2D eigenvalue weighted by Crippen LogP contribution is 1.88. The van der Waals surface area contributed by atoms with Crippen LogP contribution in [0.1, 0.15) is 26.2 Å². The molecule has 7 heteroatoms. The average Bonchev–Trinajstić information content (AvgIpc) is 2.40. The van der Waals surface area contributed by atoms with E-state index in [1.165, 1.54) is 7.11 Å². The molecule has 0 atom stereocenters. The molecule has 0 heterocycles. The van der Waals surface area contributed by atoms with Gasteiger partial charge in [0.25, 0.3) is 0 Å². The lowest BCUT2D eigenvalue weighted by Crippen LogP contribution is -2.38. The van der Waals surface area contributed by atoms with Crippen molar-refractivity contribution in [3.8, 4) is 0 Å². The summed E-state index contributed by atoms with van der Waals surface area (Å²) in [6.07, 6.45) is 2.39. The number of rotatable bonds is 9. The second-order valence-corrected chi connectivity index (χ2v) is 3.66. The number of ether oxygens (including phenoxy) is 2. The molecule has 0 aliphatic carbocycles. The number of halogens is 1. The molecule has 0 aliphatic rings. The number of nitrogens with one attached hydrogen (secondary N) is 2. The van der Waals surface area contributed by atoms with E-state index in [1.807, 2.05) is 6.92 Å². The van der Waals surface area contributed by atoms with Gasteiger partial charge in [-0.2, -0.15) is 0 Å². The van der Waals surface area contributed by atoms with Gasteiger partial charge in [0.2, 0.25) is 0 Å². The Morgan fingerprint density at radius 2 is 1.89 bits per heavy atom. The van der Waals surface area contributed by atoms with Crippen molar-refractivity contribution < 1.29 is 14.3 Å². The van der Waals surface area contributed by atoms with Crippen molar-refractivity contribution in [1.29, 1.82) is 0 Å². The molecule has 0 aromatic carbocycles. The number of aliphatic imine (C=N–C) groups is 1. The Bertz CT molecular complexity index is 250. The fraction of sp³-hybridized carbons (Fsp3) is 0.833. The molecule has 0 radical (unpaired) electrons. The number of carbonyl (C=O) groups is 1. The van der Waals surface area contributed by atoms with Gasteiger partial charge in [-0.3, -0.25) is 9.79 Å². The summed E-state index contributed by atoms with van der Waals surface area (Å²) in [5.41, 5.74) is 0. The predicted octanol–water partition coefficient (Wildman–Crippen LogP) is 1.15. The lowest BCUT2D eigenvalue weighted by Gasteiger charge is -2.11. The van der Waals surface area contributed by atoms with Crippen LogP contribution in [-0.2, 0) is 14.3 Å². The van der Waals surface area contributed by atoms with Gasteiger partial charge in [-0.25, -0.2) is 0 Å². The molecule has 0 bridgehead atoms. The molecule has 0 fully saturated rings. The number of methoxy groups -OCH3 is 1. The zero-order valence-electron chi connectivity index (χ0n) is 12.0. The third-order valence-electron chi connectivity index (χ3n) is 2.28. The average molecular weight is 387 g/mol. The molecule has 19 heavy (non-hydrogen) atoms. The second-order valence-electron chi connectivity index (χ2n) is 3.66. The largest absolute Gasteiger partial charge is 0.469 e. The van der Waals surface area contributed by atoms with Crippen molar-refractivity contribution in [1.82, 2.24) is 10.6 Å². The highest BCUT2D eigenvalue weighted by molar-refractivity contribution is 14.0. The smallest absolute Gasteiger partial charge is 0.307 e. The predicted molar refractivity (Wildman–Crippen MR) is 87.1 cm³/mol. The van der Waals surface area contributed by atoms with Crippen LogP contribution in [0.2, 0.25) is 0 Å². The second kappa shape index (κ2) is 15.5. The summed E-state index contributed by atoms with van der Waals surface area (Å²) in [7, 11) is 3.08. The number of nitrogens with zero attached hydrogens (tertiary/aromatic N) is 1. The van der Waals surface area contributed by atoms with Gasteiger partial charge >= 0.3 is 5.97 Å². The minimum absolute atomic E-state index is 0. The molecule has 6 nitrogen and oxygen atoms in total. The minimum Gasteiger partial charge on any atom is -0.469 e. The van der Waals surface area contributed by atoms with Crippen molar-refractivity contribution in [2.75, 3.05) is 40.5 Å². The lowest BCUT2D eigenvalue weighted by molar-refractivity contribution is -0.140. The molecule has 0 saturated carbocycles. The summed E-state index contributed by atoms with van der Waals surface area (Å²) >= 11 is 0. The number of hydrogen-bond acceptors (Lipinski definition) is 4. The van der Waals surface area contributed by atoms with Gasteiger partial charge in [-0.05, 0) is 19.8 Å². The first-order valence-electron chi connectivity index (χ1n) is 6.33. The molecular weight excluding hydrogens is 361 g/mol. The quantitative estimate of drug-likeness (QED) is 0.204. The maximum atomic E-state index is 10.9. The van der Waals surface area contributed by atoms with Gasteiger partial charge in [-0.15, -0.1) is 24.0 Å². The summed E-state index contributed by atoms with van der Waals surface area (Å²) in [6.45, 7) is 4.91. The van der Waals surface area contributed by atoms with Crippen LogP contribution in [0.15, 0.2) is 4.99 Å².